The van der Waals surface area contributed by atoms with E-state index in [4.69, 9.17) is 24.7 Å². The molecule has 4 unspecified atom stereocenters. The maximum Gasteiger partial charge on any atom is 0.338 e. The Kier molecular flexibility index (Phi) is 4.58. The van der Waals surface area contributed by atoms with Crippen molar-refractivity contribution in [2.24, 2.45) is 5.73 Å². The number of fused-ring (bicyclic) bond motifs is 1. The first kappa shape index (κ1) is 18.2. The molecule has 4 N–H and O–H groups in total. The van der Waals surface area contributed by atoms with Gasteiger partial charge in [0, 0.05) is 0 Å². The van der Waals surface area contributed by atoms with Gasteiger partial charge in [0.05, 0.1) is 5.56 Å². The fourth-order valence-electron chi connectivity index (χ4n) is 2.86. The number of carbonyl (C=O) groups is 2. The first-order valence-corrected chi connectivity index (χ1v) is 8.23. The van der Waals surface area contributed by atoms with Crippen LogP contribution in [0.25, 0.3) is 0 Å². The van der Waals surface area contributed by atoms with Crippen molar-refractivity contribution < 1.29 is 38.7 Å². The summed E-state index contributed by atoms with van der Waals surface area (Å²) in [7, 11) is 0. The first-order valence-electron chi connectivity index (χ1n) is 8.23. The molecule has 0 bridgehead atoms. The van der Waals surface area contributed by atoms with Gasteiger partial charge in [-0.1, -0.05) is 0 Å². The first-order chi connectivity index (χ1) is 13.4. The SMILES string of the molecule is NC(=O)c1ncn(C2OC(COC(=O)c3ccc4c(c3)OCO4)C(O)C2O)n1. The number of nitrogens with zero attached hydrogens (tertiary/aromatic N) is 3. The highest BCUT2D eigenvalue weighted by Crippen LogP contribution is 2.33. The van der Waals surface area contributed by atoms with E-state index in [2.05, 4.69) is 10.1 Å². The number of amides is 1. The number of ether oxygens (including phenoxy) is 4. The number of rotatable bonds is 5. The maximum absolute atomic E-state index is 12.2. The van der Waals surface area contributed by atoms with Crippen LogP contribution in [0.4, 0.5) is 0 Å². The van der Waals surface area contributed by atoms with Crippen molar-refractivity contribution in [2.45, 2.75) is 24.5 Å². The van der Waals surface area contributed by atoms with Crippen molar-refractivity contribution in [1.82, 2.24) is 14.8 Å². The van der Waals surface area contributed by atoms with Gasteiger partial charge in [-0.05, 0) is 18.2 Å². The molecule has 0 aliphatic carbocycles. The van der Waals surface area contributed by atoms with Gasteiger partial charge in [0.25, 0.3) is 5.91 Å². The number of aliphatic hydroxyl groups is 2. The van der Waals surface area contributed by atoms with E-state index in [0.717, 1.165) is 11.0 Å². The summed E-state index contributed by atoms with van der Waals surface area (Å²) in [5, 5.41) is 24.1. The van der Waals surface area contributed by atoms with E-state index in [1.807, 2.05) is 0 Å². The topological polar surface area (TPSA) is 168 Å². The second kappa shape index (κ2) is 7.07. The molecule has 1 aromatic carbocycles. The molecule has 28 heavy (non-hydrogen) atoms. The van der Waals surface area contributed by atoms with Crippen LogP contribution in [-0.2, 0) is 9.47 Å². The van der Waals surface area contributed by atoms with E-state index in [0.29, 0.717) is 11.5 Å². The fraction of sp³-hybridized carbons (Fsp3) is 0.375. The zero-order valence-electron chi connectivity index (χ0n) is 14.3. The van der Waals surface area contributed by atoms with E-state index < -0.39 is 36.4 Å². The van der Waals surface area contributed by atoms with Gasteiger partial charge in [-0.15, -0.1) is 5.10 Å². The second-order valence-corrected chi connectivity index (χ2v) is 6.13. The summed E-state index contributed by atoms with van der Waals surface area (Å²) in [6.45, 7) is -0.242. The summed E-state index contributed by atoms with van der Waals surface area (Å²) in [6, 6.07) is 4.58. The molecule has 0 radical (unpaired) electrons. The Balaban J connectivity index is 1.39. The third kappa shape index (κ3) is 3.24. The Morgan fingerprint density at radius 3 is 2.79 bits per heavy atom. The monoisotopic (exact) mass is 392 g/mol. The number of nitrogens with two attached hydrogens (primary N) is 1. The van der Waals surface area contributed by atoms with E-state index in [1.165, 1.54) is 12.1 Å². The predicted octanol–water partition coefficient (Wildman–Crippen LogP) is -1.42. The normalized spacial score (nSPS) is 25.6. The lowest BCUT2D eigenvalue weighted by Gasteiger charge is -2.14. The molecule has 2 aromatic rings. The molecule has 1 aromatic heterocycles. The summed E-state index contributed by atoms with van der Waals surface area (Å²) >= 11 is 0. The number of benzene rings is 1. The van der Waals surface area contributed by atoms with Gasteiger partial charge >= 0.3 is 5.97 Å². The van der Waals surface area contributed by atoms with Crippen LogP contribution in [0.1, 0.15) is 27.2 Å². The van der Waals surface area contributed by atoms with Crippen LogP contribution in [-0.4, -0.2) is 68.6 Å². The summed E-state index contributed by atoms with van der Waals surface area (Å²) in [5.74, 6) is -0.813. The van der Waals surface area contributed by atoms with Gasteiger partial charge in [0.15, 0.2) is 17.7 Å². The maximum atomic E-state index is 12.2. The van der Waals surface area contributed by atoms with Crippen molar-refractivity contribution >= 4 is 11.9 Å². The lowest BCUT2D eigenvalue weighted by atomic mass is 10.1. The molecule has 0 spiro atoms. The molecule has 1 saturated heterocycles. The van der Waals surface area contributed by atoms with Crippen LogP contribution in [0.5, 0.6) is 11.5 Å². The number of hydrogen-bond acceptors (Lipinski definition) is 10. The van der Waals surface area contributed by atoms with Crippen LogP contribution in [0, 0.1) is 0 Å². The highest BCUT2D eigenvalue weighted by Gasteiger charge is 2.45. The van der Waals surface area contributed by atoms with E-state index in [-0.39, 0.29) is 24.8 Å². The zero-order chi connectivity index (χ0) is 19.8. The Hall–Kier alpha value is -3.22. The van der Waals surface area contributed by atoms with E-state index in [9.17, 15) is 19.8 Å². The minimum atomic E-state index is -1.38. The average molecular weight is 392 g/mol. The predicted molar refractivity (Wildman–Crippen MR) is 87.3 cm³/mol. The molecule has 148 valence electrons. The summed E-state index contributed by atoms with van der Waals surface area (Å²) in [5.41, 5.74) is 5.31. The van der Waals surface area contributed by atoms with Gasteiger partial charge in [-0.3, -0.25) is 4.79 Å². The van der Waals surface area contributed by atoms with Gasteiger partial charge in [0.1, 0.15) is 31.2 Å². The lowest BCUT2D eigenvalue weighted by Crippen LogP contribution is -2.34. The molecule has 12 heteroatoms. The highest BCUT2D eigenvalue weighted by atomic mass is 16.7. The minimum absolute atomic E-state index is 0.0783. The number of primary amides is 1. The average Bonchev–Trinajstić information content (AvgIpc) is 3.40. The Morgan fingerprint density at radius 1 is 1.25 bits per heavy atom. The van der Waals surface area contributed by atoms with Crippen LogP contribution in [0.3, 0.4) is 0 Å². The molecular formula is C16H16N4O8. The molecular weight excluding hydrogens is 376 g/mol. The third-order valence-corrected chi connectivity index (χ3v) is 4.31. The van der Waals surface area contributed by atoms with Crippen LogP contribution in [0.15, 0.2) is 24.5 Å². The quantitative estimate of drug-likeness (QED) is 0.514. The number of esters is 1. The smallest absolute Gasteiger partial charge is 0.338 e. The largest absolute Gasteiger partial charge is 0.459 e. The standard InChI is InChI=1S/C16H16N4O8/c17-13(23)14-18-5-20(19-14)15-12(22)11(21)10(28-15)4-25-16(24)7-1-2-8-9(3-7)27-6-26-8/h1-3,5,10-12,15,21-22H,4,6H2,(H2,17,23). The molecule has 2 aliphatic rings. The van der Waals surface area contributed by atoms with Crippen molar-refractivity contribution in [3.63, 3.8) is 0 Å². The Bertz CT molecular complexity index is 916. The van der Waals surface area contributed by atoms with Crippen LogP contribution < -0.4 is 15.2 Å². The summed E-state index contributed by atoms with van der Waals surface area (Å²) in [4.78, 5) is 27.0. The minimum Gasteiger partial charge on any atom is -0.459 e. The van der Waals surface area contributed by atoms with Crippen LogP contribution in [0.2, 0.25) is 0 Å². The fourth-order valence-corrected chi connectivity index (χ4v) is 2.86. The zero-order valence-corrected chi connectivity index (χ0v) is 14.3. The summed E-state index contributed by atoms with van der Waals surface area (Å²) in [6.07, 6.45) is -3.72. The Morgan fingerprint density at radius 2 is 2.04 bits per heavy atom. The second-order valence-electron chi connectivity index (χ2n) is 6.13. The van der Waals surface area contributed by atoms with Crippen molar-refractivity contribution in [2.75, 3.05) is 13.4 Å². The van der Waals surface area contributed by atoms with E-state index >= 15 is 0 Å². The highest BCUT2D eigenvalue weighted by molar-refractivity contribution is 5.90. The third-order valence-electron chi connectivity index (χ3n) is 4.31. The number of carbonyl (C=O) groups excluding carboxylic acids is 2. The lowest BCUT2D eigenvalue weighted by molar-refractivity contribution is -0.0632. The molecule has 2 aliphatic heterocycles. The van der Waals surface area contributed by atoms with Gasteiger partial charge < -0.3 is 34.9 Å². The number of aliphatic hydroxyl groups excluding tert-OH is 2. The van der Waals surface area contributed by atoms with Gasteiger partial charge in [-0.2, -0.15) is 0 Å². The summed E-state index contributed by atoms with van der Waals surface area (Å²) < 4.78 is 22.1. The molecule has 4 rings (SSSR count). The van der Waals surface area contributed by atoms with Gasteiger partial charge in [-0.25, -0.2) is 14.5 Å². The van der Waals surface area contributed by atoms with Crippen LogP contribution >= 0.6 is 0 Å². The van der Waals surface area contributed by atoms with E-state index in [1.54, 1.807) is 6.07 Å². The van der Waals surface area contributed by atoms with Crippen molar-refractivity contribution in [3.8, 4) is 11.5 Å². The molecule has 3 heterocycles. The molecule has 1 fully saturated rings. The van der Waals surface area contributed by atoms with Crippen molar-refractivity contribution in [3.05, 3.63) is 35.9 Å². The number of hydrogen-bond donors (Lipinski definition) is 3. The van der Waals surface area contributed by atoms with Gasteiger partial charge in [0.2, 0.25) is 12.6 Å². The molecule has 0 saturated carbocycles. The van der Waals surface area contributed by atoms with Crippen molar-refractivity contribution in [1.29, 1.82) is 0 Å². The Labute approximate surface area is 157 Å². The molecule has 12 nitrogen and oxygen atoms in total. The number of aromatic nitrogens is 3. The molecule has 4 atom stereocenters. The molecule has 1 amide bonds.